The quantitative estimate of drug-likeness (QED) is 0.669. The fourth-order valence-corrected chi connectivity index (χ4v) is 2.58. The van der Waals surface area contributed by atoms with Gasteiger partial charge in [0.1, 0.15) is 0 Å². The Kier molecular flexibility index (Phi) is 3.56. The molecule has 0 spiro atoms. The lowest BCUT2D eigenvalue weighted by molar-refractivity contribution is 1.01. The Morgan fingerprint density at radius 1 is 1.38 bits per heavy atom. The fourth-order valence-electron chi connectivity index (χ4n) is 2.58. The summed E-state index contributed by atoms with van der Waals surface area (Å²) >= 11 is 0. The molecule has 0 aliphatic heterocycles. The Bertz CT molecular complexity index is 721. The van der Waals surface area contributed by atoms with Crippen molar-refractivity contribution in [2.45, 2.75) is 26.2 Å². The molecule has 1 aromatic heterocycles. The van der Waals surface area contributed by atoms with Gasteiger partial charge in [-0.25, -0.2) is 10.4 Å². The first-order chi connectivity index (χ1) is 10.1. The summed E-state index contributed by atoms with van der Waals surface area (Å²) in [5, 5.41) is 4.35. The zero-order chi connectivity index (χ0) is 14.8. The van der Waals surface area contributed by atoms with Crippen LogP contribution in [0.4, 0.5) is 5.95 Å². The highest BCUT2D eigenvalue weighted by Gasteiger charge is 2.40. The third-order valence-electron chi connectivity index (χ3n) is 3.76. The first kappa shape index (κ1) is 13.5. The smallest absolute Gasteiger partial charge is 0.252 e. The Morgan fingerprint density at radius 3 is 2.86 bits per heavy atom. The number of benzene rings is 1. The molecule has 5 nitrogen and oxygen atoms in total. The molecule has 3 rings (SSSR count). The molecule has 1 fully saturated rings. The summed E-state index contributed by atoms with van der Waals surface area (Å²) in [5.41, 5.74) is 5.73. The summed E-state index contributed by atoms with van der Waals surface area (Å²) in [4.78, 5) is 18.2. The largest absolute Gasteiger partial charge is 0.291 e. The second-order valence-corrected chi connectivity index (χ2v) is 5.46. The molecule has 2 N–H and O–H groups in total. The minimum Gasteiger partial charge on any atom is -0.291 e. The predicted octanol–water partition coefficient (Wildman–Crippen LogP) is 2.67. The van der Waals surface area contributed by atoms with Crippen molar-refractivity contribution >= 4 is 11.7 Å². The number of nitrogens with one attached hydrogen (secondary N) is 2. The number of hydrazone groups is 1. The van der Waals surface area contributed by atoms with Crippen LogP contribution in [0.3, 0.4) is 0 Å². The maximum absolute atomic E-state index is 11.4. The maximum atomic E-state index is 11.4. The van der Waals surface area contributed by atoms with Gasteiger partial charge in [-0.2, -0.15) is 5.10 Å². The van der Waals surface area contributed by atoms with Crippen LogP contribution in [-0.4, -0.2) is 15.7 Å². The lowest BCUT2D eigenvalue weighted by atomic mass is 10.1. The number of H-pyrrole nitrogens is 1. The van der Waals surface area contributed by atoms with E-state index in [0.717, 1.165) is 12.1 Å². The molecule has 1 aromatic carbocycles. The Labute approximate surface area is 123 Å². The number of hydrogen-bond acceptors (Lipinski definition) is 4. The highest BCUT2D eigenvalue weighted by Crippen LogP contribution is 2.48. The van der Waals surface area contributed by atoms with E-state index in [1.807, 2.05) is 13.0 Å². The van der Waals surface area contributed by atoms with Crippen LogP contribution in [0, 0.1) is 12.8 Å². The molecule has 2 atom stereocenters. The van der Waals surface area contributed by atoms with E-state index in [2.05, 4.69) is 44.8 Å². The number of aryl methyl sites for hydroxylation is 1. The van der Waals surface area contributed by atoms with Crippen molar-refractivity contribution in [2.75, 3.05) is 5.43 Å². The molecule has 2 unspecified atom stereocenters. The Morgan fingerprint density at radius 2 is 2.14 bits per heavy atom. The number of rotatable bonds is 4. The summed E-state index contributed by atoms with van der Waals surface area (Å²) in [6.07, 6.45) is 1.12. The lowest BCUT2D eigenvalue weighted by Gasteiger charge is -2.03. The third-order valence-corrected chi connectivity index (χ3v) is 3.76. The normalized spacial score (nSPS) is 21.1. The molecule has 108 valence electrons. The summed E-state index contributed by atoms with van der Waals surface area (Å²) in [7, 11) is 0. The van der Waals surface area contributed by atoms with Gasteiger partial charge in [-0.05, 0) is 31.7 Å². The number of aromatic nitrogens is 2. The van der Waals surface area contributed by atoms with Crippen LogP contribution in [0.5, 0.6) is 0 Å². The van der Waals surface area contributed by atoms with Gasteiger partial charge in [0.15, 0.2) is 0 Å². The Hall–Kier alpha value is -2.43. The highest BCUT2D eigenvalue weighted by atomic mass is 16.1. The van der Waals surface area contributed by atoms with Crippen LogP contribution in [0.25, 0.3) is 0 Å². The van der Waals surface area contributed by atoms with E-state index in [9.17, 15) is 4.79 Å². The zero-order valence-corrected chi connectivity index (χ0v) is 12.1. The molecule has 1 heterocycles. The Balaban J connectivity index is 1.66. The van der Waals surface area contributed by atoms with E-state index < -0.39 is 0 Å². The zero-order valence-electron chi connectivity index (χ0n) is 12.1. The molecule has 1 aliphatic carbocycles. The van der Waals surface area contributed by atoms with Crippen LogP contribution >= 0.6 is 0 Å². The molecule has 1 saturated carbocycles. The van der Waals surface area contributed by atoms with Crippen molar-refractivity contribution in [3.8, 4) is 0 Å². The van der Waals surface area contributed by atoms with Gasteiger partial charge in [0, 0.05) is 23.4 Å². The van der Waals surface area contributed by atoms with Gasteiger partial charge >= 0.3 is 0 Å². The van der Waals surface area contributed by atoms with E-state index >= 15 is 0 Å². The van der Waals surface area contributed by atoms with Gasteiger partial charge in [0.25, 0.3) is 5.56 Å². The number of nitrogens with zero attached hydrogens (tertiary/aromatic N) is 2. The molecule has 5 heteroatoms. The average molecular weight is 282 g/mol. The van der Waals surface area contributed by atoms with Gasteiger partial charge < -0.3 is 0 Å². The average Bonchev–Trinajstić information content (AvgIpc) is 3.25. The van der Waals surface area contributed by atoms with Crippen LogP contribution in [0.15, 0.2) is 46.3 Å². The van der Waals surface area contributed by atoms with E-state index in [1.54, 1.807) is 6.92 Å². The SMILES string of the molecule is CC(=NNc1nc(C)cc(=O)[nH]1)C1CC1c1ccccc1. The molecule has 0 radical (unpaired) electrons. The van der Waals surface area contributed by atoms with Crippen molar-refractivity contribution in [2.24, 2.45) is 11.0 Å². The summed E-state index contributed by atoms with van der Waals surface area (Å²) < 4.78 is 0. The number of aromatic amines is 1. The molecule has 1 aliphatic rings. The first-order valence-corrected chi connectivity index (χ1v) is 7.06. The fraction of sp³-hybridized carbons (Fsp3) is 0.312. The van der Waals surface area contributed by atoms with Crippen LogP contribution < -0.4 is 11.0 Å². The van der Waals surface area contributed by atoms with Crippen molar-refractivity contribution in [1.29, 1.82) is 0 Å². The van der Waals surface area contributed by atoms with Gasteiger partial charge in [0.05, 0.1) is 0 Å². The van der Waals surface area contributed by atoms with E-state index in [0.29, 0.717) is 23.5 Å². The lowest BCUT2D eigenvalue weighted by Crippen LogP contribution is -2.11. The second kappa shape index (κ2) is 5.52. The summed E-state index contributed by atoms with van der Waals surface area (Å²) in [5.74, 6) is 1.41. The summed E-state index contributed by atoms with van der Waals surface area (Å²) in [6.45, 7) is 3.79. The van der Waals surface area contributed by atoms with Crippen LogP contribution in [-0.2, 0) is 0 Å². The molecule has 21 heavy (non-hydrogen) atoms. The van der Waals surface area contributed by atoms with E-state index in [1.165, 1.54) is 11.6 Å². The van der Waals surface area contributed by atoms with Crippen molar-refractivity contribution in [1.82, 2.24) is 9.97 Å². The van der Waals surface area contributed by atoms with Crippen LogP contribution in [0.2, 0.25) is 0 Å². The minimum absolute atomic E-state index is 0.175. The number of anilines is 1. The molecular formula is C16H18N4O. The summed E-state index contributed by atoms with van der Waals surface area (Å²) in [6, 6.07) is 11.9. The third kappa shape index (κ3) is 3.18. The standard InChI is InChI=1S/C16H18N4O/c1-10-8-15(21)18-16(17-10)20-19-11(2)13-9-14(13)12-6-4-3-5-7-12/h3-8,13-14H,9H2,1-2H3,(H2,17,18,20,21). The van der Waals surface area contributed by atoms with Crippen molar-refractivity contribution in [3.05, 3.63) is 58.0 Å². The van der Waals surface area contributed by atoms with Gasteiger partial charge in [-0.15, -0.1) is 0 Å². The van der Waals surface area contributed by atoms with Gasteiger partial charge in [0.2, 0.25) is 5.95 Å². The van der Waals surface area contributed by atoms with Gasteiger partial charge in [-0.3, -0.25) is 9.78 Å². The van der Waals surface area contributed by atoms with Crippen molar-refractivity contribution < 1.29 is 0 Å². The molecule has 0 amide bonds. The monoisotopic (exact) mass is 282 g/mol. The van der Waals surface area contributed by atoms with Crippen molar-refractivity contribution in [3.63, 3.8) is 0 Å². The van der Waals surface area contributed by atoms with E-state index in [4.69, 9.17) is 0 Å². The maximum Gasteiger partial charge on any atom is 0.252 e. The topological polar surface area (TPSA) is 70.1 Å². The molecule has 0 saturated heterocycles. The van der Waals surface area contributed by atoms with Crippen LogP contribution in [0.1, 0.15) is 30.5 Å². The first-order valence-electron chi connectivity index (χ1n) is 7.06. The molecule has 2 aromatic rings. The molecule has 0 bridgehead atoms. The minimum atomic E-state index is -0.175. The number of hydrogen-bond donors (Lipinski definition) is 2. The second-order valence-electron chi connectivity index (χ2n) is 5.46. The highest BCUT2D eigenvalue weighted by molar-refractivity contribution is 5.88. The molecular weight excluding hydrogens is 264 g/mol. The predicted molar refractivity (Wildman–Crippen MR) is 83.6 cm³/mol. The van der Waals surface area contributed by atoms with Gasteiger partial charge in [-0.1, -0.05) is 30.3 Å². The van der Waals surface area contributed by atoms with E-state index in [-0.39, 0.29) is 5.56 Å².